The monoisotopic (exact) mass is 520 g/mol. The van der Waals surface area contributed by atoms with Crippen LogP contribution in [0.25, 0.3) is 22.6 Å². The molecule has 2 aromatic heterocycles. The highest BCUT2D eigenvalue weighted by Gasteiger charge is 2.22. The summed E-state index contributed by atoms with van der Waals surface area (Å²) in [6.45, 7) is 4.99. The van der Waals surface area contributed by atoms with Gasteiger partial charge in [0.25, 0.3) is 5.56 Å². The Bertz CT molecular complexity index is 1520. The van der Waals surface area contributed by atoms with Crippen LogP contribution >= 0.6 is 0 Å². The summed E-state index contributed by atoms with van der Waals surface area (Å²) < 4.78 is 16.1. The number of imidazole rings is 1. The highest BCUT2D eigenvalue weighted by Crippen LogP contribution is 2.25. The molecule has 0 saturated heterocycles. The summed E-state index contributed by atoms with van der Waals surface area (Å²) in [4.78, 5) is 31.6. The predicted octanol–water partition coefficient (Wildman–Crippen LogP) is 3.15. The van der Waals surface area contributed by atoms with Crippen molar-refractivity contribution >= 4 is 17.0 Å². The smallest absolute Gasteiger partial charge is 0.332 e. The third kappa shape index (κ3) is 5.62. The summed E-state index contributed by atoms with van der Waals surface area (Å²) in [5.41, 5.74) is 7.09. The molecule has 0 aliphatic heterocycles. The van der Waals surface area contributed by atoms with E-state index in [0.29, 0.717) is 60.8 Å². The lowest BCUT2D eigenvalue weighted by atomic mass is 10.2. The van der Waals surface area contributed by atoms with Crippen LogP contribution in [0.3, 0.4) is 0 Å². The van der Waals surface area contributed by atoms with Crippen molar-refractivity contribution in [1.82, 2.24) is 18.7 Å². The molecule has 4 rings (SSSR count). The number of nitrogens with zero attached hydrogens (tertiary/aromatic N) is 5. The lowest BCUT2D eigenvalue weighted by Crippen LogP contribution is -2.40. The van der Waals surface area contributed by atoms with Crippen molar-refractivity contribution in [2.45, 2.75) is 53.1 Å². The van der Waals surface area contributed by atoms with E-state index in [2.05, 4.69) is 5.16 Å². The number of hydrogen-bond acceptors (Lipinski definition) is 7. The Morgan fingerprint density at radius 3 is 2.32 bits per heavy atom. The predicted molar refractivity (Wildman–Crippen MR) is 144 cm³/mol. The lowest BCUT2D eigenvalue weighted by Gasteiger charge is -2.13. The van der Waals surface area contributed by atoms with E-state index >= 15 is 0 Å². The number of nitrogens with two attached hydrogens (primary N) is 1. The molecule has 2 aromatic carbocycles. The molecular formula is C27H32N6O5. The van der Waals surface area contributed by atoms with Crippen molar-refractivity contribution in [3.8, 4) is 17.1 Å². The van der Waals surface area contributed by atoms with Crippen molar-refractivity contribution in [2.24, 2.45) is 10.9 Å². The second-order valence-electron chi connectivity index (χ2n) is 8.79. The molecule has 0 bridgehead atoms. The highest BCUT2D eigenvalue weighted by atomic mass is 16.5. The molecule has 4 aromatic rings. The maximum atomic E-state index is 13.6. The van der Waals surface area contributed by atoms with Gasteiger partial charge in [0, 0.05) is 18.7 Å². The Morgan fingerprint density at radius 1 is 0.974 bits per heavy atom. The van der Waals surface area contributed by atoms with E-state index in [1.807, 2.05) is 44.2 Å². The zero-order chi connectivity index (χ0) is 27.1. The van der Waals surface area contributed by atoms with Crippen LogP contribution in [0.4, 0.5) is 0 Å². The van der Waals surface area contributed by atoms with Crippen LogP contribution in [0.5, 0.6) is 5.75 Å². The maximum absolute atomic E-state index is 13.6. The number of ether oxygens (including phenoxy) is 2. The summed E-state index contributed by atoms with van der Waals surface area (Å²) in [6, 6.07) is 16.8. The molecule has 0 radical (unpaired) electrons. The largest absolute Gasteiger partial charge is 0.486 e. The van der Waals surface area contributed by atoms with Gasteiger partial charge in [-0.15, -0.1) is 0 Å². The molecule has 0 aliphatic rings. The van der Waals surface area contributed by atoms with Gasteiger partial charge in [-0.25, -0.2) is 9.78 Å². The molecule has 0 amide bonds. The molecule has 0 atom stereocenters. The first-order valence-electron chi connectivity index (χ1n) is 12.5. The molecule has 0 fully saturated rings. The van der Waals surface area contributed by atoms with Crippen LogP contribution in [-0.4, -0.2) is 36.3 Å². The van der Waals surface area contributed by atoms with Gasteiger partial charge in [0.05, 0.1) is 6.61 Å². The molecule has 38 heavy (non-hydrogen) atoms. The first kappa shape index (κ1) is 26.7. The van der Waals surface area contributed by atoms with Crippen LogP contribution < -0.4 is 21.7 Å². The zero-order valence-electron chi connectivity index (χ0n) is 21.5. The van der Waals surface area contributed by atoms with Crippen LogP contribution in [0.15, 0.2) is 69.3 Å². The fourth-order valence-corrected chi connectivity index (χ4v) is 4.20. The Balaban J connectivity index is 1.81. The number of benzene rings is 2. The number of aryl methyl sites for hydroxylation is 1. The van der Waals surface area contributed by atoms with E-state index in [1.165, 1.54) is 4.57 Å². The third-order valence-corrected chi connectivity index (χ3v) is 5.97. The fraction of sp³-hybridized carbons (Fsp3) is 0.333. The summed E-state index contributed by atoms with van der Waals surface area (Å²) >= 11 is 0. The molecule has 11 nitrogen and oxygen atoms in total. The van der Waals surface area contributed by atoms with Crippen molar-refractivity contribution in [3.05, 3.63) is 81.0 Å². The van der Waals surface area contributed by atoms with Gasteiger partial charge in [-0.1, -0.05) is 49.3 Å². The topological polar surface area (TPSA) is 139 Å². The quantitative estimate of drug-likeness (QED) is 0.127. The number of oxime groups is 1. The van der Waals surface area contributed by atoms with Gasteiger partial charge in [0.1, 0.15) is 24.9 Å². The van der Waals surface area contributed by atoms with E-state index in [4.69, 9.17) is 25.4 Å². The van der Waals surface area contributed by atoms with Gasteiger partial charge in [0.15, 0.2) is 17.0 Å². The van der Waals surface area contributed by atoms with Crippen LogP contribution in [0, 0.1) is 0 Å². The SMILES string of the molecule is CCCn1c(=O)c2c(nc(-c3ccc(OCC(N)=NO)cc3)n2COCc2ccccc2)n(CCC)c1=O. The van der Waals surface area contributed by atoms with Gasteiger partial charge in [-0.3, -0.25) is 18.5 Å². The summed E-state index contributed by atoms with van der Waals surface area (Å²) in [5, 5.41) is 11.6. The van der Waals surface area contributed by atoms with Gasteiger partial charge < -0.3 is 20.4 Å². The standard InChI is InChI=1S/C27H32N6O5/c1-3-14-31-25-23(26(34)32(15-4-2)27(31)35)33(18-37-16-19-8-6-5-7-9-19)24(29-25)20-10-12-21(13-11-20)38-17-22(28)30-36/h5-13,36H,3-4,14-18H2,1-2H3,(H2,28,30). The Labute approximate surface area is 219 Å². The fourth-order valence-electron chi connectivity index (χ4n) is 4.20. The molecular weight excluding hydrogens is 488 g/mol. The van der Waals surface area contributed by atoms with E-state index < -0.39 is 0 Å². The second kappa shape index (κ2) is 12.2. The van der Waals surface area contributed by atoms with E-state index in [0.717, 1.165) is 5.56 Å². The van der Waals surface area contributed by atoms with E-state index in [1.54, 1.807) is 33.4 Å². The van der Waals surface area contributed by atoms with Crippen LogP contribution in [0.2, 0.25) is 0 Å². The molecule has 200 valence electrons. The molecule has 0 aliphatic carbocycles. The van der Waals surface area contributed by atoms with Crippen molar-refractivity contribution in [3.63, 3.8) is 0 Å². The molecule has 2 heterocycles. The molecule has 0 unspecified atom stereocenters. The maximum Gasteiger partial charge on any atom is 0.332 e. The molecule has 3 N–H and O–H groups in total. The number of fused-ring (bicyclic) bond motifs is 1. The minimum atomic E-state index is -0.389. The average molecular weight is 521 g/mol. The van der Waals surface area contributed by atoms with E-state index in [-0.39, 0.29) is 30.4 Å². The van der Waals surface area contributed by atoms with Gasteiger partial charge in [-0.2, -0.15) is 0 Å². The van der Waals surface area contributed by atoms with E-state index in [9.17, 15) is 9.59 Å². The van der Waals surface area contributed by atoms with Gasteiger partial charge in [0.2, 0.25) is 0 Å². The number of hydrogen-bond donors (Lipinski definition) is 2. The summed E-state index contributed by atoms with van der Waals surface area (Å²) in [6.07, 6.45) is 1.35. The Kier molecular flexibility index (Phi) is 8.59. The second-order valence-corrected chi connectivity index (χ2v) is 8.79. The molecule has 0 saturated carbocycles. The minimum Gasteiger partial charge on any atom is -0.486 e. The van der Waals surface area contributed by atoms with Crippen molar-refractivity contribution < 1.29 is 14.7 Å². The van der Waals surface area contributed by atoms with Crippen LogP contribution in [-0.2, 0) is 31.2 Å². The lowest BCUT2D eigenvalue weighted by molar-refractivity contribution is 0.0673. The first-order chi connectivity index (χ1) is 18.5. The zero-order valence-corrected chi connectivity index (χ0v) is 21.5. The molecule has 11 heteroatoms. The highest BCUT2D eigenvalue weighted by molar-refractivity contribution is 5.81. The van der Waals surface area contributed by atoms with Crippen molar-refractivity contribution in [2.75, 3.05) is 6.61 Å². The molecule has 0 spiro atoms. The first-order valence-corrected chi connectivity index (χ1v) is 12.5. The normalized spacial score (nSPS) is 11.8. The minimum absolute atomic E-state index is 0.0521. The Morgan fingerprint density at radius 2 is 1.66 bits per heavy atom. The van der Waals surface area contributed by atoms with Crippen LogP contribution in [0.1, 0.15) is 32.3 Å². The number of amidine groups is 1. The average Bonchev–Trinajstić information content (AvgIpc) is 3.32. The Hall–Kier alpha value is -4.38. The summed E-state index contributed by atoms with van der Waals surface area (Å²) in [7, 11) is 0. The van der Waals surface area contributed by atoms with Gasteiger partial charge in [-0.05, 0) is 42.7 Å². The summed E-state index contributed by atoms with van der Waals surface area (Å²) in [5.74, 6) is 0.951. The number of aromatic nitrogens is 4. The van der Waals surface area contributed by atoms with Crippen molar-refractivity contribution in [1.29, 1.82) is 0 Å². The van der Waals surface area contributed by atoms with Gasteiger partial charge >= 0.3 is 5.69 Å². The third-order valence-electron chi connectivity index (χ3n) is 5.97. The number of rotatable bonds is 12.